The second-order valence-corrected chi connectivity index (χ2v) is 9.61. The molecule has 3 heterocycles. The zero-order chi connectivity index (χ0) is 24.4. The van der Waals surface area contributed by atoms with Crippen molar-refractivity contribution in [2.75, 3.05) is 43.9 Å². The van der Waals surface area contributed by atoms with Crippen molar-refractivity contribution in [2.45, 2.75) is 25.8 Å². The fourth-order valence-electron chi connectivity index (χ4n) is 4.67. The number of hydrogen-bond acceptors (Lipinski definition) is 7. The van der Waals surface area contributed by atoms with Crippen LogP contribution in [0.3, 0.4) is 0 Å². The molecule has 3 aliphatic heterocycles. The van der Waals surface area contributed by atoms with Crippen molar-refractivity contribution in [3.05, 3.63) is 54.1 Å². The van der Waals surface area contributed by atoms with Crippen molar-refractivity contribution in [1.82, 2.24) is 9.80 Å². The maximum atomic E-state index is 13.1. The van der Waals surface area contributed by atoms with Crippen LogP contribution in [-0.2, 0) is 9.59 Å². The molecule has 182 valence electrons. The van der Waals surface area contributed by atoms with Crippen LogP contribution < -0.4 is 9.64 Å². The topological polar surface area (TPSA) is 77.8 Å². The molecule has 35 heavy (non-hydrogen) atoms. The highest BCUT2D eigenvalue weighted by atomic mass is 32.2. The van der Waals surface area contributed by atoms with Gasteiger partial charge in [0.1, 0.15) is 17.6 Å². The Labute approximate surface area is 209 Å². The molecule has 0 bridgehead atoms. The van der Waals surface area contributed by atoms with Crippen LogP contribution >= 0.6 is 11.8 Å². The summed E-state index contributed by atoms with van der Waals surface area (Å²) in [5, 5.41) is 0.534. The number of nitrogens with zero attached hydrogens (tertiary/aromatic N) is 5. The molecule has 0 spiro atoms. The van der Waals surface area contributed by atoms with Gasteiger partial charge in [-0.15, -0.1) is 0 Å². The van der Waals surface area contributed by atoms with Gasteiger partial charge in [-0.05, 0) is 30.7 Å². The highest BCUT2D eigenvalue weighted by Gasteiger charge is 2.41. The predicted molar refractivity (Wildman–Crippen MR) is 140 cm³/mol. The third-order valence-corrected chi connectivity index (χ3v) is 7.42. The zero-order valence-electron chi connectivity index (χ0n) is 20.0. The lowest BCUT2D eigenvalue weighted by atomic mass is 10.1. The van der Waals surface area contributed by atoms with Gasteiger partial charge in [0.05, 0.1) is 24.2 Å². The number of para-hydroxylation sites is 3. The minimum Gasteiger partial charge on any atom is -0.495 e. The molecule has 0 aromatic heterocycles. The van der Waals surface area contributed by atoms with Crippen molar-refractivity contribution in [3.63, 3.8) is 0 Å². The van der Waals surface area contributed by atoms with E-state index in [0.717, 1.165) is 42.2 Å². The van der Waals surface area contributed by atoms with Crippen LogP contribution in [0, 0.1) is 0 Å². The van der Waals surface area contributed by atoms with E-state index in [1.807, 2.05) is 53.4 Å². The first-order valence-electron chi connectivity index (χ1n) is 12.0. The number of piperazine rings is 1. The third-order valence-electron chi connectivity index (χ3n) is 6.49. The van der Waals surface area contributed by atoms with E-state index in [1.165, 1.54) is 11.8 Å². The first-order chi connectivity index (χ1) is 17.1. The molecule has 0 saturated carbocycles. The molecule has 1 atom stereocenters. The normalized spacial score (nSPS) is 19.2. The van der Waals surface area contributed by atoms with E-state index in [1.54, 1.807) is 12.0 Å². The largest absolute Gasteiger partial charge is 0.495 e. The number of carbonyl (C=O) groups is 2. The third kappa shape index (κ3) is 4.52. The molecular weight excluding hydrogens is 462 g/mol. The predicted octanol–water partition coefficient (Wildman–Crippen LogP) is 3.54. The summed E-state index contributed by atoms with van der Waals surface area (Å²) in [6.07, 6.45) is 1.58. The second-order valence-electron chi connectivity index (χ2n) is 8.67. The molecule has 1 saturated heterocycles. The Morgan fingerprint density at radius 1 is 1.09 bits per heavy atom. The number of amidine groups is 2. The number of anilines is 1. The van der Waals surface area contributed by atoms with Gasteiger partial charge in [0.15, 0.2) is 5.17 Å². The second kappa shape index (κ2) is 10.1. The average Bonchev–Trinajstić information content (AvgIpc) is 3.23. The number of benzene rings is 2. The highest BCUT2D eigenvalue weighted by molar-refractivity contribution is 8.14. The summed E-state index contributed by atoms with van der Waals surface area (Å²) in [5.74, 6) is 1.71. The molecule has 1 fully saturated rings. The van der Waals surface area contributed by atoms with Gasteiger partial charge >= 0.3 is 0 Å². The first kappa shape index (κ1) is 23.4. The van der Waals surface area contributed by atoms with E-state index in [-0.39, 0.29) is 23.6 Å². The maximum Gasteiger partial charge on any atom is 0.259 e. The van der Waals surface area contributed by atoms with Crippen molar-refractivity contribution in [1.29, 1.82) is 0 Å². The summed E-state index contributed by atoms with van der Waals surface area (Å²) in [6.45, 7) is 4.81. The lowest BCUT2D eigenvalue weighted by Crippen LogP contribution is -2.49. The van der Waals surface area contributed by atoms with Gasteiger partial charge in [0.25, 0.3) is 5.91 Å². The van der Waals surface area contributed by atoms with E-state index in [0.29, 0.717) is 30.5 Å². The highest BCUT2D eigenvalue weighted by Crippen LogP contribution is 2.34. The van der Waals surface area contributed by atoms with Crippen molar-refractivity contribution in [2.24, 2.45) is 9.98 Å². The van der Waals surface area contributed by atoms with Crippen LogP contribution in [0.5, 0.6) is 5.75 Å². The summed E-state index contributed by atoms with van der Waals surface area (Å²) >= 11 is 1.32. The molecule has 0 radical (unpaired) electrons. The molecule has 1 unspecified atom stereocenters. The van der Waals surface area contributed by atoms with E-state index in [9.17, 15) is 9.59 Å². The molecule has 9 heteroatoms. The van der Waals surface area contributed by atoms with Gasteiger partial charge in [-0.25, -0.2) is 9.89 Å². The summed E-state index contributed by atoms with van der Waals surface area (Å²) in [6, 6.07) is 15.3. The minimum absolute atomic E-state index is 0.0477. The molecule has 0 N–H and O–H groups in total. The first-order valence-corrected chi connectivity index (χ1v) is 13.0. The van der Waals surface area contributed by atoms with Crippen LogP contribution in [0.15, 0.2) is 58.5 Å². The number of thioether (sulfide) groups is 1. The van der Waals surface area contributed by atoms with Crippen LogP contribution in [0.4, 0.5) is 11.4 Å². The molecule has 0 aliphatic carbocycles. The van der Waals surface area contributed by atoms with Gasteiger partial charge < -0.3 is 14.5 Å². The van der Waals surface area contributed by atoms with Gasteiger partial charge in [-0.1, -0.05) is 49.4 Å². The molecule has 8 nitrogen and oxygen atoms in total. The summed E-state index contributed by atoms with van der Waals surface area (Å²) < 4.78 is 5.49. The van der Waals surface area contributed by atoms with Gasteiger partial charge in [-0.3, -0.25) is 14.6 Å². The number of fused-ring (bicyclic) bond motifs is 3. The Balaban J connectivity index is 1.25. The molecule has 2 aromatic rings. The van der Waals surface area contributed by atoms with Crippen molar-refractivity contribution in [3.8, 4) is 5.75 Å². The quantitative estimate of drug-likeness (QED) is 0.618. The van der Waals surface area contributed by atoms with E-state index < -0.39 is 0 Å². The zero-order valence-corrected chi connectivity index (χ0v) is 20.8. The van der Waals surface area contributed by atoms with E-state index >= 15 is 0 Å². The molecule has 2 amide bonds. The molecule has 2 aromatic carbocycles. The fraction of sp³-hybridized carbons (Fsp3) is 0.385. The standard InChI is InChI=1S/C26H29N5O3S/c1-3-8-20-25(33)31-24(27-20)18-9-4-5-10-19(18)28-26(31)35-17-23(32)30-15-13-29(14-16-30)21-11-6-7-12-22(21)34-2/h4-7,9-12,20H,3,8,13-17H2,1-2H3. The SMILES string of the molecule is CCCC1N=C2c3ccccc3N=C(SCC(=O)N3CCN(c4ccccc4OC)CC3)N2C1=O. The maximum absolute atomic E-state index is 13.1. The lowest BCUT2D eigenvalue weighted by Gasteiger charge is -2.36. The number of methoxy groups -OCH3 is 1. The molecule has 3 aliphatic rings. The number of carbonyl (C=O) groups excluding carboxylic acids is 2. The fourth-order valence-corrected chi connectivity index (χ4v) is 5.57. The summed E-state index contributed by atoms with van der Waals surface area (Å²) in [4.78, 5) is 41.4. The number of rotatable bonds is 6. The van der Waals surface area contributed by atoms with Gasteiger partial charge in [0, 0.05) is 31.7 Å². The van der Waals surface area contributed by atoms with Crippen LogP contribution in [0.1, 0.15) is 25.3 Å². The number of aliphatic imine (C=N–C) groups is 2. The Morgan fingerprint density at radius 2 is 1.83 bits per heavy atom. The Hall–Kier alpha value is -3.33. The van der Waals surface area contributed by atoms with E-state index in [2.05, 4.69) is 11.8 Å². The smallest absolute Gasteiger partial charge is 0.259 e. The van der Waals surface area contributed by atoms with Crippen molar-refractivity contribution < 1.29 is 14.3 Å². The number of hydrogen-bond donors (Lipinski definition) is 0. The summed E-state index contributed by atoms with van der Waals surface area (Å²) in [7, 11) is 1.67. The van der Waals surface area contributed by atoms with Gasteiger partial charge in [-0.2, -0.15) is 0 Å². The van der Waals surface area contributed by atoms with Crippen LogP contribution in [-0.4, -0.2) is 77.7 Å². The number of amides is 2. The monoisotopic (exact) mass is 491 g/mol. The Bertz CT molecular complexity index is 1190. The average molecular weight is 492 g/mol. The molecular formula is C26H29N5O3S. The summed E-state index contributed by atoms with van der Waals surface area (Å²) in [5.41, 5.74) is 2.70. The lowest BCUT2D eigenvalue weighted by molar-refractivity contribution is -0.128. The van der Waals surface area contributed by atoms with E-state index in [4.69, 9.17) is 14.7 Å². The Kier molecular flexibility index (Phi) is 6.77. The van der Waals surface area contributed by atoms with Crippen LogP contribution in [0.2, 0.25) is 0 Å². The van der Waals surface area contributed by atoms with Gasteiger partial charge in [0.2, 0.25) is 5.91 Å². The van der Waals surface area contributed by atoms with Crippen molar-refractivity contribution >= 4 is 46.0 Å². The number of ether oxygens (including phenoxy) is 1. The minimum atomic E-state index is -0.384. The molecule has 5 rings (SSSR count). The Morgan fingerprint density at radius 3 is 2.60 bits per heavy atom. The van der Waals surface area contributed by atoms with Crippen LogP contribution in [0.25, 0.3) is 0 Å².